The van der Waals surface area contributed by atoms with Crippen molar-refractivity contribution in [1.29, 1.82) is 0 Å². The molecule has 0 spiro atoms. The van der Waals surface area contributed by atoms with Gasteiger partial charge in [-0.15, -0.1) is 0 Å². The van der Waals surface area contributed by atoms with Gasteiger partial charge in [-0.05, 0) is 18.1 Å². The van der Waals surface area contributed by atoms with Crippen LogP contribution in [0.3, 0.4) is 0 Å². The minimum Gasteiger partial charge on any atom is -0.379 e. The molecule has 26 heavy (non-hydrogen) atoms. The van der Waals surface area contributed by atoms with Crippen molar-refractivity contribution in [2.45, 2.75) is 30.8 Å². The second-order valence-electron chi connectivity index (χ2n) is 6.24. The number of nitrogens with zero attached hydrogens (tertiary/aromatic N) is 4. The number of rotatable bonds is 8. The number of aromatic nitrogens is 3. The summed E-state index contributed by atoms with van der Waals surface area (Å²) < 4.78 is 35.1. The molecular formula is C17H25N5O3S. The van der Waals surface area contributed by atoms with E-state index in [4.69, 9.17) is 4.74 Å². The maximum absolute atomic E-state index is 12.6. The maximum Gasteiger partial charge on any atom is 0.243 e. The molecule has 0 amide bonds. The van der Waals surface area contributed by atoms with Crippen molar-refractivity contribution >= 4 is 10.0 Å². The molecule has 1 aliphatic rings. The number of nitrogens with one attached hydrogen (secondary N) is 1. The highest BCUT2D eigenvalue weighted by Gasteiger charge is 2.25. The molecule has 1 fully saturated rings. The largest absolute Gasteiger partial charge is 0.379 e. The predicted octanol–water partition coefficient (Wildman–Crippen LogP) is 1.04. The molecule has 1 atom stereocenters. The smallest absolute Gasteiger partial charge is 0.243 e. The maximum atomic E-state index is 12.6. The minimum absolute atomic E-state index is 0.0898. The van der Waals surface area contributed by atoms with Gasteiger partial charge in [-0.3, -0.25) is 14.6 Å². The van der Waals surface area contributed by atoms with Gasteiger partial charge < -0.3 is 4.74 Å². The standard InChI is InChI=1S/C17H25N5O3S/c1-2-6-22-14-16(12-19-22)26(23,24)20-13-17(15-4-3-5-18-11-15)21-7-9-25-10-8-21/h3-5,11-12,14,17,20H,2,6-10,13H2,1H3. The van der Waals surface area contributed by atoms with E-state index in [9.17, 15) is 8.42 Å². The van der Waals surface area contributed by atoms with Gasteiger partial charge in [0.05, 0.1) is 25.5 Å². The van der Waals surface area contributed by atoms with Crippen LogP contribution in [0.1, 0.15) is 24.9 Å². The fourth-order valence-corrected chi connectivity index (χ4v) is 4.02. The Bertz CT molecular complexity index is 788. The Labute approximate surface area is 154 Å². The lowest BCUT2D eigenvalue weighted by Gasteiger charge is -2.34. The van der Waals surface area contributed by atoms with Gasteiger partial charge in [0.2, 0.25) is 10.0 Å². The normalized spacial score (nSPS) is 17.3. The third-order valence-corrected chi connectivity index (χ3v) is 5.77. The van der Waals surface area contributed by atoms with Crippen molar-refractivity contribution in [3.63, 3.8) is 0 Å². The molecule has 0 bridgehead atoms. The average Bonchev–Trinajstić information content (AvgIpc) is 3.14. The summed E-state index contributed by atoms with van der Waals surface area (Å²) >= 11 is 0. The Balaban J connectivity index is 1.73. The fraction of sp³-hybridized carbons (Fsp3) is 0.529. The van der Waals surface area contributed by atoms with Crippen molar-refractivity contribution in [1.82, 2.24) is 24.4 Å². The van der Waals surface area contributed by atoms with E-state index in [2.05, 4.69) is 19.7 Å². The van der Waals surface area contributed by atoms with Gasteiger partial charge in [0, 0.05) is 44.8 Å². The van der Waals surface area contributed by atoms with E-state index in [1.807, 2.05) is 19.1 Å². The quantitative estimate of drug-likeness (QED) is 0.737. The van der Waals surface area contributed by atoms with Crippen molar-refractivity contribution < 1.29 is 13.2 Å². The first kappa shape index (κ1) is 19.0. The molecule has 1 saturated heterocycles. The van der Waals surface area contributed by atoms with Crippen LogP contribution < -0.4 is 4.72 Å². The Morgan fingerprint density at radius 3 is 2.81 bits per heavy atom. The van der Waals surface area contributed by atoms with Crippen LogP contribution in [0.15, 0.2) is 41.8 Å². The van der Waals surface area contributed by atoms with E-state index in [0.29, 0.717) is 19.8 Å². The van der Waals surface area contributed by atoms with Crippen molar-refractivity contribution in [3.8, 4) is 0 Å². The average molecular weight is 379 g/mol. The summed E-state index contributed by atoms with van der Waals surface area (Å²) in [4.78, 5) is 6.60. The number of hydrogen-bond acceptors (Lipinski definition) is 6. The number of morpholine rings is 1. The fourth-order valence-electron chi connectivity index (χ4n) is 3.03. The molecule has 3 rings (SSSR count). The molecule has 142 valence electrons. The molecule has 1 aliphatic heterocycles. The Morgan fingerprint density at radius 2 is 2.12 bits per heavy atom. The molecular weight excluding hydrogens is 354 g/mol. The van der Waals surface area contributed by atoms with Gasteiger partial charge >= 0.3 is 0 Å². The zero-order valence-electron chi connectivity index (χ0n) is 14.9. The minimum atomic E-state index is -3.61. The Morgan fingerprint density at radius 1 is 1.31 bits per heavy atom. The molecule has 3 heterocycles. The Hall–Kier alpha value is -1.81. The number of ether oxygens (including phenoxy) is 1. The van der Waals surface area contributed by atoms with E-state index in [1.165, 1.54) is 6.20 Å². The summed E-state index contributed by atoms with van der Waals surface area (Å²) in [6, 6.07) is 3.75. The first-order valence-corrected chi connectivity index (χ1v) is 10.3. The van der Waals surface area contributed by atoms with Crippen LogP contribution in [0.4, 0.5) is 0 Å². The zero-order valence-corrected chi connectivity index (χ0v) is 15.7. The zero-order chi connectivity index (χ0) is 18.4. The molecule has 0 aliphatic carbocycles. The summed E-state index contributed by atoms with van der Waals surface area (Å²) in [7, 11) is -3.61. The highest BCUT2D eigenvalue weighted by Crippen LogP contribution is 2.21. The molecule has 0 saturated carbocycles. The molecule has 8 nitrogen and oxygen atoms in total. The van der Waals surface area contributed by atoms with Gasteiger partial charge in [0.1, 0.15) is 4.90 Å². The van der Waals surface area contributed by atoms with Crippen molar-refractivity contribution in [3.05, 3.63) is 42.5 Å². The lowest BCUT2D eigenvalue weighted by atomic mass is 10.1. The van der Waals surface area contributed by atoms with Crippen LogP contribution in [0.25, 0.3) is 0 Å². The third-order valence-electron chi connectivity index (χ3n) is 4.39. The Kier molecular flexibility index (Phi) is 6.36. The number of sulfonamides is 1. The van der Waals surface area contributed by atoms with E-state index in [0.717, 1.165) is 25.1 Å². The monoisotopic (exact) mass is 379 g/mol. The van der Waals surface area contributed by atoms with E-state index >= 15 is 0 Å². The molecule has 0 aromatic carbocycles. The van der Waals surface area contributed by atoms with Crippen molar-refractivity contribution in [2.75, 3.05) is 32.8 Å². The van der Waals surface area contributed by atoms with Crippen molar-refractivity contribution in [2.24, 2.45) is 0 Å². The summed E-state index contributed by atoms with van der Waals surface area (Å²) in [6.45, 7) is 5.80. The third kappa shape index (κ3) is 4.67. The molecule has 2 aromatic rings. The van der Waals surface area contributed by atoms with Gasteiger partial charge in [-0.1, -0.05) is 13.0 Å². The highest BCUT2D eigenvalue weighted by molar-refractivity contribution is 7.89. The first-order chi connectivity index (χ1) is 12.6. The molecule has 9 heteroatoms. The summed E-state index contributed by atoms with van der Waals surface area (Å²) in [5.74, 6) is 0. The number of hydrogen-bond donors (Lipinski definition) is 1. The van der Waals surface area contributed by atoms with Crippen LogP contribution >= 0.6 is 0 Å². The van der Waals surface area contributed by atoms with Gasteiger partial charge in [-0.25, -0.2) is 13.1 Å². The molecule has 2 aromatic heterocycles. The van der Waals surface area contributed by atoms with Gasteiger partial charge in [0.25, 0.3) is 0 Å². The lowest BCUT2D eigenvalue weighted by Crippen LogP contribution is -2.43. The molecule has 1 N–H and O–H groups in total. The lowest BCUT2D eigenvalue weighted by molar-refractivity contribution is 0.0171. The molecule has 1 unspecified atom stereocenters. The SMILES string of the molecule is CCCn1cc(S(=O)(=O)NCC(c2cccnc2)N2CCOCC2)cn1. The van der Waals surface area contributed by atoms with Gasteiger partial charge in [-0.2, -0.15) is 5.10 Å². The van der Waals surface area contributed by atoms with Gasteiger partial charge in [0.15, 0.2) is 0 Å². The number of aryl methyl sites for hydroxylation is 1. The summed E-state index contributed by atoms with van der Waals surface area (Å²) in [5, 5.41) is 4.11. The summed E-state index contributed by atoms with van der Waals surface area (Å²) in [6.07, 6.45) is 7.36. The first-order valence-electron chi connectivity index (χ1n) is 8.84. The van der Waals surface area contributed by atoms with E-state index < -0.39 is 10.0 Å². The second kappa shape index (κ2) is 8.72. The van der Waals surface area contributed by atoms with Crippen LogP contribution in [-0.2, 0) is 21.3 Å². The second-order valence-corrected chi connectivity index (χ2v) is 8.01. The predicted molar refractivity (Wildman–Crippen MR) is 97.1 cm³/mol. The van der Waals surface area contributed by atoms with E-state index in [-0.39, 0.29) is 17.5 Å². The van der Waals surface area contributed by atoms with Crippen LogP contribution in [0.2, 0.25) is 0 Å². The van der Waals surface area contributed by atoms with E-state index in [1.54, 1.807) is 23.3 Å². The van der Waals surface area contributed by atoms with Crippen LogP contribution in [-0.4, -0.2) is 60.9 Å². The van der Waals surface area contributed by atoms with Crippen LogP contribution in [0.5, 0.6) is 0 Å². The molecule has 0 radical (unpaired) electrons. The summed E-state index contributed by atoms with van der Waals surface area (Å²) in [5.41, 5.74) is 0.985. The van der Waals surface area contributed by atoms with Crippen LogP contribution in [0, 0.1) is 0 Å². The number of pyridine rings is 1. The highest BCUT2D eigenvalue weighted by atomic mass is 32.2. The topological polar surface area (TPSA) is 89.4 Å².